The fourth-order valence-corrected chi connectivity index (χ4v) is 4.71. The molecule has 18 heavy (non-hydrogen) atoms. The predicted molar refractivity (Wildman–Crippen MR) is 84.3 cm³/mol. The molecule has 2 aliphatic rings. The van der Waals surface area contributed by atoms with Crippen LogP contribution in [-0.4, -0.2) is 4.83 Å². The van der Waals surface area contributed by atoms with Crippen molar-refractivity contribution in [1.82, 2.24) is 0 Å². The van der Waals surface area contributed by atoms with E-state index in [4.69, 9.17) is 0 Å². The molecule has 106 valence electrons. The van der Waals surface area contributed by atoms with Crippen molar-refractivity contribution in [3.05, 3.63) is 0 Å². The number of alkyl halides is 1. The molecule has 0 aromatic rings. The van der Waals surface area contributed by atoms with Gasteiger partial charge in [0.05, 0.1) is 0 Å². The molecule has 0 unspecified atom stereocenters. The molecule has 0 saturated heterocycles. The fraction of sp³-hybridized carbons (Fsp3) is 1.00. The third-order valence-corrected chi connectivity index (χ3v) is 6.39. The fourth-order valence-electron chi connectivity index (χ4n) is 4.18. The van der Waals surface area contributed by atoms with Crippen molar-refractivity contribution in [2.45, 2.75) is 88.8 Å². The first-order valence-electron chi connectivity index (χ1n) is 8.43. The van der Waals surface area contributed by atoms with Crippen LogP contribution < -0.4 is 0 Å². The van der Waals surface area contributed by atoms with Gasteiger partial charge < -0.3 is 0 Å². The van der Waals surface area contributed by atoms with Gasteiger partial charge in [-0.15, -0.1) is 0 Å². The van der Waals surface area contributed by atoms with E-state index in [1.807, 2.05) is 0 Å². The van der Waals surface area contributed by atoms with Crippen LogP contribution in [0.15, 0.2) is 0 Å². The van der Waals surface area contributed by atoms with Crippen LogP contribution in [0.4, 0.5) is 0 Å². The summed E-state index contributed by atoms with van der Waals surface area (Å²) in [5, 5.41) is 0. The van der Waals surface area contributed by atoms with Gasteiger partial charge >= 0.3 is 0 Å². The Balaban J connectivity index is 1.63. The van der Waals surface area contributed by atoms with Crippen LogP contribution in [0.3, 0.4) is 0 Å². The number of hydrogen-bond acceptors (Lipinski definition) is 0. The Morgan fingerprint density at radius 3 is 1.89 bits per heavy atom. The molecular formula is C17H31Br. The largest absolute Gasteiger partial charge is 0.0891 e. The van der Waals surface area contributed by atoms with Crippen LogP contribution in [0.2, 0.25) is 0 Å². The van der Waals surface area contributed by atoms with Gasteiger partial charge in [0, 0.05) is 4.83 Å². The maximum Gasteiger partial charge on any atom is 0.0146 e. The Kier molecular flexibility index (Phi) is 6.55. The molecule has 0 aliphatic heterocycles. The molecule has 2 saturated carbocycles. The molecule has 0 amide bonds. The van der Waals surface area contributed by atoms with Gasteiger partial charge in [-0.3, -0.25) is 0 Å². The Labute approximate surface area is 122 Å². The molecule has 2 aliphatic carbocycles. The van der Waals surface area contributed by atoms with Gasteiger partial charge in [-0.05, 0) is 56.3 Å². The zero-order valence-electron chi connectivity index (χ0n) is 12.2. The highest BCUT2D eigenvalue weighted by Gasteiger charge is 2.29. The van der Waals surface area contributed by atoms with E-state index in [0.29, 0.717) is 0 Å². The van der Waals surface area contributed by atoms with E-state index in [2.05, 4.69) is 22.9 Å². The number of hydrogen-bond donors (Lipinski definition) is 0. The van der Waals surface area contributed by atoms with Crippen LogP contribution in [-0.2, 0) is 0 Å². The third-order valence-electron chi connectivity index (χ3n) is 5.48. The quantitative estimate of drug-likeness (QED) is 0.411. The highest BCUT2D eigenvalue weighted by molar-refractivity contribution is 9.09. The van der Waals surface area contributed by atoms with Crippen molar-refractivity contribution >= 4 is 15.9 Å². The predicted octanol–water partition coefficient (Wildman–Crippen LogP) is 6.33. The van der Waals surface area contributed by atoms with Gasteiger partial charge in [0.25, 0.3) is 0 Å². The van der Waals surface area contributed by atoms with Crippen LogP contribution in [0.5, 0.6) is 0 Å². The van der Waals surface area contributed by atoms with Gasteiger partial charge in [0.15, 0.2) is 0 Å². The van der Waals surface area contributed by atoms with Gasteiger partial charge in [-0.1, -0.05) is 61.4 Å². The number of rotatable bonds is 5. The monoisotopic (exact) mass is 314 g/mol. The third kappa shape index (κ3) is 4.54. The molecule has 0 atom stereocenters. The highest BCUT2D eigenvalue weighted by atomic mass is 79.9. The summed E-state index contributed by atoms with van der Waals surface area (Å²) in [6.45, 7) is 2.32. The summed E-state index contributed by atoms with van der Waals surface area (Å²) in [5.41, 5.74) is 0. The second-order valence-electron chi connectivity index (χ2n) is 6.79. The van der Waals surface area contributed by atoms with Gasteiger partial charge in [0.1, 0.15) is 0 Å². The summed E-state index contributed by atoms with van der Waals surface area (Å²) in [6, 6.07) is 0. The average molecular weight is 315 g/mol. The molecule has 0 aromatic carbocycles. The van der Waals surface area contributed by atoms with Crippen molar-refractivity contribution in [2.24, 2.45) is 17.8 Å². The SMILES string of the molecule is CCCCCC1CCC(C2CCC(Br)CC2)CC1. The van der Waals surface area contributed by atoms with Gasteiger partial charge in [-0.2, -0.15) is 0 Å². The van der Waals surface area contributed by atoms with Crippen LogP contribution >= 0.6 is 15.9 Å². The zero-order valence-corrected chi connectivity index (χ0v) is 13.8. The molecule has 2 fully saturated rings. The van der Waals surface area contributed by atoms with E-state index in [9.17, 15) is 0 Å². The van der Waals surface area contributed by atoms with Crippen molar-refractivity contribution in [2.75, 3.05) is 0 Å². The second-order valence-corrected chi connectivity index (χ2v) is 8.08. The minimum Gasteiger partial charge on any atom is -0.0891 e. The topological polar surface area (TPSA) is 0 Å². The molecule has 0 nitrogen and oxygen atoms in total. The molecule has 2 rings (SSSR count). The first-order chi connectivity index (χ1) is 8.79. The maximum absolute atomic E-state index is 3.78. The molecule has 0 aromatic heterocycles. The highest BCUT2D eigenvalue weighted by Crippen LogP contribution is 2.42. The molecular weight excluding hydrogens is 284 g/mol. The summed E-state index contributed by atoms with van der Waals surface area (Å²) >= 11 is 3.78. The normalized spacial score (nSPS) is 37.7. The summed E-state index contributed by atoms with van der Waals surface area (Å²) in [5.74, 6) is 3.25. The van der Waals surface area contributed by atoms with Crippen molar-refractivity contribution in [1.29, 1.82) is 0 Å². The summed E-state index contributed by atoms with van der Waals surface area (Å²) < 4.78 is 0. The lowest BCUT2D eigenvalue weighted by molar-refractivity contribution is 0.164. The first-order valence-corrected chi connectivity index (χ1v) is 9.35. The Morgan fingerprint density at radius 2 is 1.33 bits per heavy atom. The van der Waals surface area contributed by atoms with Crippen LogP contribution in [0, 0.1) is 17.8 Å². The summed E-state index contributed by atoms with van der Waals surface area (Å²) in [7, 11) is 0. The van der Waals surface area contributed by atoms with E-state index >= 15 is 0 Å². The Bertz CT molecular complexity index is 210. The minimum atomic E-state index is 0.833. The molecule has 1 heteroatoms. The van der Waals surface area contributed by atoms with E-state index in [1.165, 1.54) is 51.4 Å². The average Bonchev–Trinajstić information content (AvgIpc) is 2.41. The number of unbranched alkanes of at least 4 members (excludes halogenated alkanes) is 2. The maximum atomic E-state index is 3.78. The zero-order chi connectivity index (χ0) is 12.8. The molecule has 0 radical (unpaired) electrons. The molecule has 0 N–H and O–H groups in total. The molecule has 0 spiro atoms. The van der Waals surface area contributed by atoms with E-state index in [0.717, 1.165) is 22.6 Å². The molecule has 0 heterocycles. The first kappa shape index (κ1) is 14.9. The lowest BCUT2D eigenvalue weighted by Gasteiger charge is -2.37. The molecule has 0 bridgehead atoms. The van der Waals surface area contributed by atoms with Gasteiger partial charge in [-0.25, -0.2) is 0 Å². The van der Waals surface area contributed by atoms with Gasteiger partial charge in [0.2, 0.25) is 0 Å². The van der Waals surface area contributed by atoms with Crippen molar-refractivity contribution in [3.63, 3.8) is 0 Å². The van der Waals surface area contributed by atoms with Crippen LogP contribution in [0.1, 0.15) is 84.0 Å². The van der Waals surface area contributed by atoms with Crippen LogP contribution in [0.25, 0.3) is 0 Å². The number of halogens is 1. The van der Waals surface area contributed by atoms with Crippen molar-refractivity contribution in [3.8, 4) is 0 Å². The Morgan fingerprint density at radius 1 is 0.778 bits per heavy atom. The second kappa shape index (κ2) is 7.92. The Hall–Kier alpha value is 0.480. The van der Waals surface area contributed by atoms with E-state index in [1.54, 1.807) is 25.7 Å². The lowest BCUT2D eigenvalue weighted by Crippen LogP contribution is -2.25. The van der Waals surface area contributed by atoms with E-state index < -0.39 is 0 Å². The smallest absolute Gasteiger partial charge is 0.0146 e. The lowest BCUT2D eigenvalue weighted by atomic mass is 9.70. The summed E-state index contributed by atoms with van der Waals surface area (Å²) in [4.78, 5) is 0.833. The minimum absolute atomic E-state index is 0.833. The van der Waals surface area contributed by atoms with E-state index in [-0.39, 0.29) is 0 Å². The standard InChI is InChI=1S/C17H31Br/c1-2-3-4-5-14-6-8-15(9-7-14)16-10-12-17(18)13-11-16/h14-17H,2-13H2,1H3. The van der Waals surface area contributed by atoms with Crippen molar-refractivity contribution < 1.29 is 0 Å². The summed E-state index contributed by atoms with van der Waals surface area (Å²) in [6.07, 6.45) is 17.9.